The topological polar surface area (TPSA) is 26.0 Å². The van der Waals surface area contributed by atoms with Gasteiger partial charge in [-0.2, -0.15) is 11.8 Å². The molecular formula is C12H16ClNS. The Hall–Kier alpha value is -0.180. The fourth-order valence-electron chi connectivity index (χ4n) is 2.10. The van der Waals surface area contributed by atoms with Crippen LogP contribution in [-0.4, -0.2) is 17.0 Å². The molecule has 1 aromatic rings. The van der Waals surface area contributed by atoms with E-state index in [1.807, 2.05) is 23.9 Å². The summed E-state index contributed by atoms with van der Waals surface area (Å²) in [5.74, 6) is 1.25. The summed E-state index contributed by atoms with van der Waals surface area (Å²) in [6.45, 7) is 0.778. The molecule has 1 aliphatic heterocycles. The van der Waals surface area contributed by atoms with Crippen molar-refractivity contribution in [2.24, 2.45) is 5.73 Å². The summed E-state index contributed by atoms with van der Waals surface area (Å²) in [6, 6.07) is 8.14. The fourth-order valence-corrected chi connectivity index (χ4v) is 3.62. The lowest BCUT2D eigenvalue weighted by Crippen LogP contribution is -2.34. The van der Waals surface area contributed by atoms with Gasteiger partial charge in [-0.15, -0.1) is 0 Å². The van der Waals surface area contributed by atoms with Gasteiger partial charge < -0.3 is 5.73 Å². The smallest absolute Gasteiger partial charge is 0.0406 e. The van der Waals surface area contributed by atoms with Crippen LogP contribution in [0.25, 0.3) is 0 Å². The zero-order chi connectivity index (χ0) is 10.7. The monoisotopic (exact) mass is 241 g/mol. The van der Waals surface area contributed by atoms with Crippen molar-refractivity contribution in [3.05, 3.63) is 34.9 Å². The molecular weight excluding hydrogens is 226 g/mol. The molecule has 0 spiro atoms. The standard InChI is InChI=1S/C12H16ClNS/c13-11-4-2-10(3-5-11)8-12(9-14)6-1-7-15-12/h2-5H,1,6-9,14H2. The van der Waals surface area contributed by atoms with Crippen LogP contribution in [0, 0.1) is 0 Å². The molecule has 0 radical (unpaired) electrons. The second kappa shape index (κ2) is 4.77. The second-order valence-electron chi connectivity index (χ2n) is 4.14. The van der Waals surface area contributed by atoms with E-state index in [-0.39, 0.29) is 4.75 Å². The normalized spacial score (nSPS) is 25.7. The van der Waals surface area contributed by atoms with Gasteiger partial charge >= 0.3 is 0 Å². The average Bonchev–Trinajstić information content (AvgIpc) is 2.71. The lowest BCUT2D eigenvalue weighted by atomic mass is 9.94. The predicted molar refractivity (Wildman–Crippen MR) is 68.6 cm³/mol. The van der Waals surface area contributed by atoms with Gasteiger partial charge in [-0.05, 0) is 42.7 Å². The third kappa shape index (κ3) is 2.68. The molecule has 0 aliphatic carbocycles. The van der Waals surface area contributed by atoms with Gasteiger partial charge in [0.15, 0.2) is 0 Å². The van der Waals surface area contributed by atoms with Crippen LogP contribution < -0.4 is 5.73 Å². The van der Waals surface area contributed by atoms with Crippen molar-refractivity contribution in [3.63, 3.8) is 0 Å². The third-order valence-corrected chi connectivity index (χ3v) is 4.87. The van der Waals surface area contributed by atoms with Crippen LogP contribution in [0.2, 0.25) is 5.02 Å². The molecule has 0 saturated carbocycles. The lowest BCUT2D eigenvalue weighted by Gasteiger charge is -2.26. The van der Waals surface area contributed by atoms with Crippen molar-refractivity contribution >= 4 is 23.4 Å². The number of thioether (sulfide) groups is 1. The maximum Gasteiger partial charge on any atom is 0.0406 e. The fraction of sp³-hybridized carbons (Fsp3) is 0.500. The molecule has 1 heterocycles. The summed E-state index contributed by atoms with van der Waals surface area (Å²) < 4.78 is 0.286. The highest BCUT2D eigenvalue weighted by Gasteiger charge is 2.33. The molecule has 15 heavy (non-hydrogen) atoms. The van der Waals surface area contributed by atoms with E-state index in [0.717, 1.165) is 18.0 Å². The van der Waals surface area contributed by atoms with Crippen LogP contribution in [0.15, 0.2) is 24.3 Å². The van der Waals surface area contributed by atoms with Gasteiger partial charge in [0.1, 0.15) is 0 Å². The van der Waals surface area contributed by atoms with Crippen LogP contribution in [-0.2, 0) is 6.42 Å². The Bertz CT molecular complexity index is 317. The highest BCUT2D eigenvalue weighted by Crippen LogP contribution is 2.39. The number of rotatable bonds is 3. The minimum atomic E-state index is 0.286. The van der Waals surface area contributed by atoms with Gasteiger partial charge in [0.2, 0.25) is 0 Å². The van der Waals surface area contributed by atoms with Crippen molar-refractivity contribution in [1.29, 1.82) is 0 Å². The van der Waals surface area contributed by atoms with Crippen molar-refractivity contribution < 1.29 is 0 Å². The van der Waals surface area contributed by atoms with E-state index >= 15 is 0 Å². The van der Waals surface area contributed by atoms with E-state index in [4.69, 9.17) is 17.3 Å². The predicted octanol–water partition coefficient (Wildman–Crippen LogP) is 3.11. The molecule has 0 amide bonds. The maximum atomic E-state index is 5.90. The van der Waals surface area contributed by atoms with Crippen molar-refractivity contribution in [1.82, 2.24) is 0 Å². The summed E-state index contributed by atoms with van der Waals surface area (Å²) in [7, 11) is 0. The van der Waals surface area contributed by atoms with Gasteiger partial charge in [-0.3, -0.25) is 0 Å². The van der Waals surface area contributed by atoms with Gasteiger partial charge in [-0.1, -0.05) is 23.7 Å². The highest BCUT2D eigenvalue weighted by molar-refractivity contribution is 8.00. The molecule has 82 valence electrons. The maximum absolute atomic E-state index is 5.90. The first kappa shape index (κ1) is 11.3. The van der Waals surface area contributed by atoms with E-state index < -0.39 is 0 Å². The highest BCUT2D eigenvalue weighted by atomic mass is 35.5. The van der Waals surface area contributed by atoms with Crippen LogP contribution in [0.5, 0.6) is 0 Å². The van der Waals surface area contributed by atoms with Gasteiger partial charge in [0.05, 0.1) is 0 Å². The average molecular weight is 242 g/mol. The molecule has 0 bridgehead atoms. The van der Waals surface area contributed by atoms with Crippen molar-refractivity contribution in [2.45, 2.75) is 24.0 Å². The van der Waals surface area contributed by atoms with E-state index in [9.17, 15) is 0 Å². The molecule has 1 nitrogen and oxygen atoms in total. The second-order valence-corrected chi connectivity index (χ2v) is 6.14. The van der Waals surface area contributed by atoms with Gasteiger partial charge in [-0.25, -0.2) is 0 Å². The first-order valence-corrected chi connectivity index (χ1v) is 6.69. The molecule has 1 aromatic carbocycles. The Morgan fingerprint density at radius 1 is 1.33 bits per heavy atom. The zero-order valence-corrected chi connectivity index (χ0v) is 10.3. The molecule has 2 N–H and O–H groups in total. The molecule has 1 fully saturated rings. The summed E-state index contributed by atoms with van der Waals surface area (Å²) in [5, 5.41) is 0.805. The number of nitrogens with two attached hydrogens (primary N) is 1. The Kier molecular flexibility index (Phi) is 3.60. The third-order valence-electron chi connectivity index (χ3n) is 3.00. The van der Waals surface area contributed by atoms with E-state index in [1.54, 1.807) is 0 Å². The van der Waals surface area contributed by atoms with Crippen LogP contribution in [0.4, 0.5) is 0 Å². The molecule has 1 saturated heterocycles. The van der Waals surface area contributed by atoms with Gasteiger partial charge in [0.25, 0.3) is 0 Å². The largest absolute Gasteiger partial charge is 0.329 e. The number of halogens is 1. The van der Waals surface area contributed by atoms with E-state index in [0.29, 0.717) is 0 Å². The van der Waals surface area contributed by atoms with Crippen LogP contribution >= 0.6 is 23.4 Å². The molecule has 2 rings (SSSR count). The van der Waals surface area contributed by atoms with E-state index in [1.165, 1.54) is 24.2 Å². The first-order chi connectivity index (χ1) is 7.24. The van der Waals surface area contributed by atoms with Crippen LogP contribution in [0.1, 0.15) is 18.4 Å². The Balaban J connectivity index is 2.09. The Labute approximate surface area is 100 Å². The number of benzene rings is 1. The van der Waals surface area contributed by atoms with Crippen molar-refractivity contribution in [3.8, 4) is 0 Å². The molecule has 1 aliphatic rings. The SMILES string of the molecule is NCC1(Cc2ccc(Cl)cc2)CCCS1. The minimum absolute atomic E-state index is 0.286. The Morgan fingerprint density at radius 2 is 2.07 bits per heavy atom. The molecule has 1 atom stereocenters. The number of hydrogen-bond donors (Lipinski definition) is 1. The molecule has 0 aromatic heterocycles. The lowest BCUT2D eigenvalue weighted by molar-refractivity contribution is 0.565. The quantitative estimate of drug-likeness (QED) is 0.880. The minimum Gasteiger partial charge on any atom is -0.329 e. The summed E-state index contributed by atoms with van der Waals surface area (Å²) in [6.07, 6.45) is 3.62. The Morgan fingerprint density at radius 3 is 2.60 bits per heavy atom. The van der Waals surface area contributed by atoms with Crippen LogP contribution in [0.3, 0.4) is 0 Å². The number of hydrogen-bond acceptors (Lipinski definition) is 2. The molecule has 1 unspecified atom stereocenters. The summed E-state index contributed by atoms with van der Waals surface area (Å²) in [5.41, 5.74) is 7.25. The first-order valence-electron chi connectivity index (χ1n) is 5.33. The van der Waals surface area contributed by atoms with Gasteiger partial charge in [0, 0.05) is 16.3 Å². The van der Waals surface area contributed by atoms with Crippen molar-refractivity contribution in [2.75, 3.05) is 12.3 Å². The molecule has 3 heteroatoms. The van der Waals surface area contributed by atoms with E-state index in [2.05, 4.69) is 12.1 Å². The summed E-state index contributed by atoms with van der Waals surface area (Å²) >= 11 is 7.90. The summed E-state index contributed by atoms with van der Waals surface area (Å²) in [4.78, 5) is 0. The zero-order valence-electron chi connectivity index (χ0n) is 8.71.